The predicted octanol–water partition coefficient (Wildman–Crippen LogP) is 2.17. The summed E-state index contributed by atoms with van der Waals surface area (Å²) in [4.78, 5) is 13.8. The van der Waals surface area contributed by atoms with Gasteiger partial charge in [0.25, 0.3) is 0 Å². The third-order valence-corrected chi connectivity index (χ3v) is 3.88. The SMILES string of the molecule is NC1CCCN(C(=O)CCOc2ccccc2Br)C1. The third-order valence-electron chi connectivity index (χ3n) is 3.22. The summed E-state index contributed by atoms with van der Waals surface area (Å²) in [5.74, 6) is 0.896. The van der Waals surface area contributed by atoms with E-state index >= 15 is 0 Å². The van der Waals surface area contributed by atoms with E-state index in [9.17, 15) is 4.79 Å². The maximum atomic E-state index is 12.0. The van der Waals surface area contributed by atoms with E-state index in [-0.39, 0.29) is 11.9 Å². The van der Waals surface area contributed by atoms with Crippen LogP contribution in [0.2, 0.25) is 0 Å². The van der Waals surface area contributed by atoms with E-state index in [2.05, 4.69) is 15.9 Å². The topological polar surface area (TPSA) is 55.6 Å². The smallest absolute Gasteiger partial charge is 0.226 e. The van der Waals surface area contributed by atoms with Gasteiger partial charge in [-0.15, -0.1) is 0 Å². The molecule has 1 aliphatic heterocycles. The molecule has 5 heteroatoms. The zero-order chi connectivity index (χ0) is 13.7. The molecule has 2 N–H and O–H groups in total. The Labute approximate surface area is 122 Å². The fraction of sp³-hybridized carbons (Fsp3) is 0.500. The van der Waals surface area contributed by atoms with Gasteiger partial charge in [0.1, 0.15) is 5.75 Å². The molecule has 19 heavy (non-hydrogen) atoms. The van der Waals surface area contributed by atoms with Crippen LogP contribution in [0.5, 0.6) is 5.75 Å². The fourth-order valence-corrected chi connectivity index (χ4v) is 2.60. The molecule has 0 bridgehead atoms. The van der Waals surface area contributed by atoms with Crippen molar-refractivity contribution in [2.45, 2.75) is 25.3 Å². The van der Waals surface area contributed by atoms with E-state index in [1.807, 2.05) is 29.2 Å². The van der Waals surface area contributed by atoms with E-state index in [0.717, 1.165) is 29.6 Å². The Hall–Kier alpha value is -1.07. The summed E-state index contributed by atoms with van der Waals surface area (Å²) in [6.45, 7) is 1.89. The molecule has 1 fully saturated rings. The summed E-state index contributed by atoms with van der Waals surface area (Å²) in [6.07, 6.45) is 2.41. The van der Waals surface area contributed by atoms with Crippen LogP contribution in [0.3, 0.4) is 0 Å². The van der Waals surface area contributed by atoms with Gasteiger partial charge in [-0.05, 0) is 40.9 Å². The van der Waals surface area contributed by atoms with E-state index in [1.165, 1.54) is 0 Å². The van der Waals surface area contributed by atoms with Crippen molar-refractivity contribution in [3.05, 3.63) is 28.7 Å². The van der Waals surface area contributed by atoms with Crippen LogP contribution in [0.15, 0.2) is 28.7 Å². The number of nitrogens with two attached hydrogens (primary N) is 1. The molecule has 1 saturated heterocycles. The molecule has 2 rings (SSSR count). The minimum Gasteiger partial charge on any atom is -0.492 e. The van der Waals surface area contributed by atoms with Gasteiger partial charge in [0.15, 0.2) is 0 Å². The molecule has 0 spiro atoms. The molecular formula is C14H19BrN2O2. The molecule has 0 radical (unpaired) electrons. The molecule has 4 nitrogen and oxygen atoms in total. The first-order valence-electron chi connectivity index (χ1n) is 6.57. The lowest BCUT2D eigenvalue weighted by atomic mass is 10.1. The molecule has 1 heterocycles. The summed E-state index contributed by atoms with van der Waals surface area (Å²) in [5.41, 5.74) is 5.87. The Balaban J connectivity index is 1.76. The van der Waals surface area contributed by atoms with Crippen molar-refractivity contribution in [1.29, 1.82) is 0 Å². The summed E-state index contributed by atoms with van der Waals surface area (Å²) in [6, 6.07) is 7.76. The number of para-hydroxylation sites is 1. The van der Waals surface area contributed by atoms with Crippen LogP contribution in [-0.2, 0) is 4.79 Å². The van der Waals surface area contributed by atoms with Crippen LogP contribution in [0.4, 0.5) is 0 Å². The zero-order valence-electron chi connectivity index (χ0n) is 10.8. The molecule has 1 unspecified atom stereocenters. The lowest BCUT2D eigenvalue weighted by Gasteiger charge is -2.30. The van der Waals surface area contributed by atoms with E-state index in [1.54, 1.807) is 0 Å². The summed E-state index contributed by atoms with van der Waals surface area (Å²) >= 11 is 3.41. The normalized spacial score (nSPS) is 19.3. The predicted molar refractivity (Wildman–Crippen MR) is 78.0 cm³/mol. The lowest BCUT2D eigenvalue weighted by Crippen LogP contribution is -2.46. The molecule has 1 atom stereocenters. The summed E-state index contributed by atoms with van der Waals surface area (Å²) < 4.78 is 6.50. The Morgan fingerprint density at radius 2 is 2.26 bits per heavy atom. The van der Waals surface area contributed by atoms with Crippen molar-refractivity contribution in [3.8, 4) is 5.75 Å². The highest BCUT2D eigenvalue weighted by molar-refractivity contribution is 9.10. The monoisotopic (exact) mass is 326 g/mol. The van der Waals surface area contributed by atoms with Crippen LogP contribution >= 0.6 is 15.9 Å². The number of carbonyl (C=O) groups is 1. The van der Waals surface area contributed by atoms with Gasteiger partial charge < -0.3 is 15.4 Å². The summed E-state index contributed by atoms with van der Waals surface area (Å²) in [7, 11) is 0. The molecule has 1 amide bonds. The highest BCUT2D eigenvalue weighted by Gasteiger charge is 2.20. The zero-order valence-corrected chi connectivity index (χ0v) is 12.4. The Morgan fingerprint density at radius 1 is 1.47 bits per heavy atom. The van der Waals surface area contributed by atoms with Crippen molar-refractivity contribution >= 4 is 21.8 Å². The lowest BCUT2D eigenvalue weighted by molar-refractivity contribution is -0.132. The number of ether oxygens (including phenoxy) is 1. The van der Waals surface area contributed by atoms with Crippen molar-refractivity contribution < 1.29 is 9.53 Å². The largest absolute Gasteiger partial charge is 0.492 e. The molecule has 1 aromatic carbocycles. The molecule has 1 aromatic rings. The molecule has 1 aliphatic rings. The number of rotatable bonds is 4. The number of benzene rings is 1. The van der Waals surface area contributed by atoms with Gasteiger partial charge in [-0.1, -0.05) is 12.1 Å². The second-order valence-electron chi connectivity index (χ2n) is 4.77. The first-order valence-corrected chi connectivity index (χ1v) is 7.37. The molecule has 104 valence electrons. The quantitative estimate of drug-likeness (QED) is 0.922. The number of piperidine rings is 1. The van der Waals surface area contributed by atoms with Gasteiger partial charge in [-0.2, -0.15) is 0 Å². The molecular weight excluding hydrogens is 308 g/mol. The van der Waals surface area contributed by atoms with E-state index in [4.69, 9.17) is 10.5 Å². The average molecular weight is 327 g/mol. The van der Waals surface area contributed by atoms with Crippen LogP contribution in [-0.4, -0.2) is 36.5 Å². The number of hydrogen-bond donors (Lipinski definition) is 1. The maximum absolute atomic E-state index is 12.0. The molecule has 0 saturated carbocycles. The highest BCUT2D eigenvalue weighted by Crippen LogP contribution is 2.23. The first-order chi connectivity index (χ1) is 9.16. The Morgan fingerprint density at radius 3 is 3.00 bits per heavy atom. The number of carbonyl (C=O) groups excluding carboxylic acids is 1. The number of likely N-dealkylation sites (tertiary alicyclic amines) is 1. The minimum absolute atomic E-state index is 0.127. The fourth-order valence-electron chi connectivity index (χ4n) is 2.20. The minimum atomic E-state index is 0.127. The van der Waals surface area contributed by atoms with Gasteiger partial charge in [0, 0.05) is 19.1 Å². The van der Waals surface area contributed by atoms with Crippen molar-refractivity contribution in [3.63, 3.8) is 0 Å². The highest BCUT2D eigenvalue weighted by atomic mass is 79.9. The van der Waals surface area contributed by atoms with Gasteiger partial charge in [0.05, 0.1) is 17.5 Å². The maximum Gasteiger partial charge on any atom is 0.226 e. The second-order valence-corrected chi connectivity index (χ2v) is 5.63. The van der Waals surface area contributed by atoms with Crippen LogP contribution in [0.1, 0.15) is 19.3 Å². The van der Waals surface area contributed by atoms with E-state index < -0.39 is 0 Å². The van der Waals surface area contributed by atoms with E-state index in [0.29, 0.717) is 19.6 Å². The van der Waals surface area contributed by atoms with Crippen LogP contribution < -0.4 is 10.5 Å². The number of nitrogens with zero attached hydrogens (tertiary/aromatic N) is 1. The van der Waals surface area contributed by atoms with Gasteiger partial charge in [-0.25, -0.2) is 0 Å². The standard InChI is InChI=1S/C14H19BrN2O2/c15-12-5-1-2-6-13(12)19-9-7-14(18)17-8-3-4-11(16)10-17/h1-2,5-6,11H,3-4,7-10,16H2. The van der Waals surface area contributed by atoms with Crippen molar-refractivity contribution in [2.24, 2.45) is 5.73 Å². The van der Waals surface area contributed by atoms with Gasteiger partial charge in [-0.3, -0.25) is 4.79 Å². The number of halogens is 1. The molecule has 0 aliphatic carbocycles. The van der Waals surface area contributed by atoms with Gasteiger partial charge >= 0.3 is 0 Å². The number of amides is 1. The number of hydrogen-bond acceptors (Lipinski definition) is 3. The van der Waals surface area contributed by atoms with Gasteiger partial charge in [0.2, 0.25) is 5.91 Å². The Kier molecular flexibility index (Phi) is 5.22. The average Bonchev–Trinajstić information content (AvgIpc) is 2.41. The van der Waals surface area contributed by atoms with Crippen molar-refractivity contribution in [1.82, 2.24) is 4.90 Å². The third kappa shape index (κ3) is 4.21. The van der Waals surface area contributed by atoms with Crippen molar-refractivity contribution in [2.75, 3.05) is 19.7 Å². The first kappa shape index (κ1) is 14.3. The second kappa shape index (κ2) is 6.91. The van der Waals surface area contributed by atoms with Crippen LogP contribution in [0, 0.1) is 0 Å². The summed E-state index contributed by atoms with van der Waals surface area (Å²) in [5, 5.41) is 0. The Bertz CT molecular complexity index is 439. The molecule has 0 aromatic heterocycles. The van der Waals surface area contributed by atoms with Crippen LogP contribution in [0.25, 0.3) is 0 Å².